The van der Waals surface area contributed by atoms with Gasteiger partial charge in [-0.15, -0.1) is 0 Å². The van der Waals surface area contributed by atoms with Gasteiger partial charge >= 0.3 is 11.9 Å². The van der Waals surface area contributed by atoms with Crippen LogP contribution in [0.1, 0.15) is 38.8 Å². The van der Waals surface area contributed by atoms with Crippen molar-refractivity contribution >= 4 is 23.6 Å². The largest absolute Gasteiger partial charge is 0.460 e. The van der Waals surface area contributed by atoms with Crippen LogP contribution in [0.15, 0.2) is 54.6 Å². The Morgan fingerprint density at radius 1 is 1.03 bits per heavy atom. The molecule has 1 aliphatic heterocycles. The fraction of sp³-hybridized carbons (Fsp3) is 0.250. The van der Waals surface area contributed by atoms with E-state index in [1.807, 2.05) is 0 Å². The molecule has 1 unspecified atom stereocenters. The summed E-state index contributed by atoms with van der Waals surface area (Å²) in [6, 6.07) is 11.7. The maximum absolute atomic E-state index is 12.1. The molecule has 0 amide bonds. The van der Waals surface area contributed by atoms with Crippen LogP contribution in [-0.4, -0.2) is 23.3 Å². The first-order chi connectivity index (χ1) is 14.0. The first kappa shape index (κ1) is 21.3. The average molecular weight is 408 g/mol. The highest BCUT2D eigenvalue weighted by Crippen LogP contribution is 2.36. The summed E-state index contributed by atoms with van der Waals surface area (Å²) in [4.78, 5) is 23.7. The smallest absolute Gasteiger partial charge is 0.338 e. The predicted octanol–water partition coefficient (Wildman–Crippen LogP) is 4.37. The van der Waals surface area contributed by atoms with Crippen LogP contribution >= 0.6 is 0 Å². The van der Waals surface area contributed by atoms with Gasteiger partial charge < -0.3 is 19.3 Å². The van der Waals surface area contributed by atoms with Crippen molar-refractivity contribution in [2.24, 2.45) is 5.41 Å². The second-order valence-electron chi connectivity index (χ2n) is 8.10. The number of carbonyl (C=O) groups is 2. The summed E-state index contributed by atoms with van der Waals surface area (Å²) in [7, 11) is 0. The third-order valence-corrected chi connectivity index (χ3v) is 4.37. The van der Waals surface area contributed by atoms with Crippen molar-refractivity contribution in [3.8, 4) is 17.2 Å². The molecule has 156 valence electrons. The molecule has 2 aromatic rings. The van der Waals surface area contributed by atoms with Crippen molar-refractivity contribution in [3.05, 3.63) is 65.7 Å². The molecule has 1 heterocycles. The van der Waals surface area contributed by atoms with Crippen molar-refractivity contribution in [1.82, 2.24) is 0 Å². The van der Waals surface area contributed by atoms with Gasteiger partial charge in [-0.2, -0.15) is 0 Å². The third kappa shape index (κ3) is 4.78. The highest BCUT2D eigenvalue weighted by atomic mass is 16.6. The summed E-state index contributed by atoms with van der Waals surface area (Å²) >= 11 is 0. The zero-order chi connectivity index (χ0) is 22.1. The number of benzene rings is 2. The Labute approximate surface area is 175 Å². The number of esters is 2. The lowest BCUT2D eigenvalue weighted by Crippen LogP contribution is -2.25. The third-order valence-electron chi connectivity index (χ3n) is 4.37. The predicted molar refractivity (Wildman–Crippen MR) is 113 cm³/mol. The van der Waals surface area contributed by atoms with Gasteiger partial charge in [0, 0.05) is 22.8 Å². The highest BCUT2D eigenvalue weighted by molar-refractivity contribution is 5.89. The van der Waals surface area contributed by atoms with E-state index < -0.39 is 17.7 Å². The Morgan fingerprint density at radius 2 is 1.67 bits per heavy atom. The monoisotopic (exact) mass is 408 g/mol. The number of fused-ring (bicyclic) bond motifs is 1. The fourth-order valence-electron chi connectivity index (χ4n) is 2.62. The summed E-state index contributed by atoms with van der Waals surface area (Å²) in [5, 5.41) is 10.5. The number of aliphatic hydroxyl groups is 1. The van der Waals surface area contributed by atoms with E-state index in [-0.39, 0.29) is 5.97 Å². The molecule has 6 heteroatoms. The summed E-state index contributed by atoms with van der Waals surface area (Å²) < 4.78 is 16.2. The first-order valence-electron chi connectivity index (χ1n) is 9.45. The fourth-order valence-corrected chi connectivity index (χ4v) is 2.62. The number of rotatable bonds is 4. The van der Waals surface area contributed by atoms with Gasteiger partial charge in [-0.05, 0) is 63.6 Å². The number of aliphatic hydroxyl groups excluding tert-OH is 1. The Morgan fingerprint density at radius 3 is 2.27 bits per heavy atom. The SMILES string of the molecule is C=C(C)C(=O)Oc1ccc(C2=Cc3ccc(OC(=O)C(C)(C)C)cc3OC2O)cc1. The Bertz CT molecular complexity index is 1020. The van der Waals surface area contributed by atoms with Gasteiger partial charge in [-0.3, -0.25) is 4.79 Å². The quantitative estimate of drug-likeness (QED) is 0.460. The molecule has 0 fully saturated rings. The molecule has 0 bridgehead atoms. The van der Waals surface area contributed by atoms with Gasteiger partial charge in [0.2, 0.25) is 6.29 Å². The molecule has 0 aliphatic carbocycles. The van der Waals surface area contributed by atoms with E-state index >= 15 is 0 Å². The van der Waals surface area contributed by atoms with Gasteiger partial charge in [0.25, 0.3) is 0 Å². The lowest BCUT2D eigenvalue weighted by Gasteiger charge is -2.24. The summed E-state index contributed by atoms with van der Waals surface area (Å²) in [5.41, 5.74) is 1.69. The maximum atomic E-state index is 12.1. The molecule has 0 saturated heterocycles. The Kier molecular flexibility index (Phi) is 5.80. The van der Waals surface area contributed by atoms with Crippen LogP contribution in [0.5, 0.6) is 17.2 Å². The molecule has 2 aromatic carbocycles. The molecule has 30 heavy (non-hydrogen) atoms. The molecule has 1 atom stereocenters. The molecule has 1 N–H and O–H groups in total. The zero-order valence-electron chi connectivity index (χ0n) is 17.4. The lowest BCUT2D eigenvalue weighted by atomic mass is 9.97. The van der Waals surface area contributed by atoms with Crippen LogP contribution in [-0.2, 0) is 9.59 Å². The zero-order valence-corrected chi connectivity index (χ0v) is 17.4. The first-order valence-corrected chi connectivity index (χ1v) is 9.45. The highest BCUT2D eigenvalue weighted by Gasteiger charge is 2.26. The van der Waals surface area contributed by atoms with E-state index in [1.54, 1.807) is 76.2 Å². The van der Waals surface area contributed by atoms with Crippen LogP contribution in [0.25, 0.3) is 11.6 Å². The number of carbonyl (C=O) groups excluding carboxylic acids is 2. The van der Waals surface area contributed by atoms with Gasteiger partial charge in [0.05, 0.1) is 5.41 Å². The van der Waals surface area contributed by atoms with Crippen LogP contribution in [0, 0.1) is 5.41 Å². The minimum atomic E-state index is -1.20. The molecule has 0 radical (unpaired) electrons. The molecular weight excluding hydrogens is 384 g/mol. The summed E-state index contributed by atoms with van der Waals surface area (Å²) in [6.45, 7) is 10.4. The molecule has 6 nitrogen and oxygen atoms in total. The van der Waals surface area contributed by atoms with Crippen LogP contribution in [0.3, 0.4) is 0 Å². The summed E-state index contributed by atoms with van der Waals surface area (Å²) in [6.07, 6.45) is 0.600. The Balaban J connectivity index is 1.81. The van der Waals surface area contributed by atoms with Crippen LogP contribution in [0.2, 0.25) is 0 Å². The second-order valence-corrected chi connectivity index (χ2v) is 8.10. The van der Waals surface area contributed by atoms with Gasteiger partial charge in [-0.25, -0.2) is 4.79 Å². The molecule has 0 aromatic heterocycles. The van der Waals surface area contributed by atoms with E-state index in [2.05, 4.69) is 6.58 Å². The molecular formula is C24H24O6. The van der Waals surface area contributed by atoms with Gasteiger partial charge in [0.1, 0.15) is 17.2 Å². The van der Waals surface area contributed by atoms with Crippen LogP contribution < -0.4 is 14.2 Å². The van der Waals surface area contributed by atoms with Crippen molar-refractivity contribution < 1.29 is 28.9 Å². The van der Waals surface area contributed by atoms with Gasteiger partial charge in [0.15, 0.2) is 0 Å². The van der Waals surface area contributed by atoms with Gasteiger partial charge in [-0.1, -0.05) is 18.7 Å². The molecule has 0 saturated carbocycles. The molecule has 0 spiro atoms. The van der Waals surface area contributed by atoms with Crippen molar-refractivity contribution in [2.45, 2.75) is 34.0 Å². The standard InChI is InChI=1S/C24H24O6/c1-14(2)21(25)28-17-9-6-15(7-10-17)19-12-16-8-11-18(13-20(16)30-22(19)26)29-23(27)24(3,4)5/h6-13,22,26H,1H2,2-5H3. The molecule has 1 aliphatic rings. The number of ether oxygens (including phenoxy) is 3. The van der Waals surface area contributed by atoms with Crippen LogP contribution in [0.4, 0.5) is 0 Å². The Hall–Kier alpha value is -3.38. The van der Waals surface area contributed by atoms with E-state index in [9.17, 15) is 14.7 Å². The lowest BCUT2D eigenvalue weighted by molar-refractivity contribution is -0.143. The van der Waals surface area contributed by atoms with E-state index in [0.29, 0.717) is 34.0 Å². The summed E-state index contributed by atoms with van der Waals surface area (Å²) in [5.74, 6) is 0.283. The minimum Gasteiger partial charge on any atom is -0.460 e. The van der Waals surface area contributed by atoms with E-state index in [1.165, 1.54) is 0 Å². The average Bonchev–Trinajstić information content (AvgIpc) is 2.67. The molecule has 3 rings (SSSR count). The van der Waals surface area contributed by atoms with E-state index in [0.717, 1.165) is 5.56 Å². The topological polar surface area (TPSA) is 82.1 Å². The number of hydrogen-bond donors (Lipinski definition) is 1. The normalized spacial score (nSPS) is 15.4. The van der Waals surface area contributed by atoms with E-state index in [4.69, 9.17) is 14.2 Å². The second kappa shape index (κ2) is 8.16. The minimum absolute atomic E-state index is 0.307. The van der Waals surface area contributed by atoms with Crippen molar-refractivity contribution in [3.63, 3.8) is 0 Å². The van der Waals surface area contributed by atoms with Crippen molar-refractivity contribution in [2.75, 3.05) is 0 Å². The number of hydrogen-bond acceptors (Lipinski definition) is 6. The van der Waals surface area contributed by atoms with Crippen molar-refractivity contribution in [1.29, 1.82) is 0 Å². The maximum Gasteiger partial charge on any atom is 0.338 e.